The van der Waals surface area contributed by atoms with Gasteiger partial charge in [-0.05, 0) is 47.6 Å². The Hall–Kier alpha value is -0.920. The zero-order chi connectivity index (χ0) is 14.8. The highest BCUT2D eigenvalue weighted by atomic mass is 32.2. The van der Waals surface area contributed by atoms with Gasteiger partial charge >= 0.3 is 0 Å². The van der Waals surface area contributed by atoms with Crippen LogP contribution >= 0.6 is 0 Å². The number of nitrogens with two attached hydrogens (primary N) is 1. The van der Waals surface area contributed by atoms with E-state index in [9.17, 15) is 8.42 Å². The number of sulfonamides is 1. The van der Waals surface area contributed by atoms with Crippen molar-refractivity contribution in [2.24, 2.45) is 5.73 Å². The first-order valence-electron chi connectivity index (χ1n) is 6.36. The third-order valence-electron chi connectivity index (χ3n) is 2.60. The maximum atomic E-state index is 12.4. The molecule has 0 saturated heterocycles. The van der Waals surface area contributed by atoms with Crippen LogP contribution in [0.1, 0.15) is 38.6 Å². The summed E-state index contributed by atoms with van der Waals surface area (Å²) >= 11 is 0. The summed E-state index contributed by atoms with van der Waals surface area (Å²) in [6.07, 6.45) is 0.772. The van der Waals surface area contributed by atoms with Crippen molar-refractivity contribution >= 4 is 10.0 Å². The standard InChI is InChI=1S/C12H24N4O2S/c1-9-11(19(17,18)15-12(3,4)5)10(2)16(14-9)8-6-7-13/h15H,6-8,13H2,1-5H3. The molecule has 0 unspecified atom stereocenters. The van der Waals surface area contributed by atoms with Crippen molar-refractivity contribution in [2.45, 2.75) is 58.0 Å². The molecule has 0 amide bonds. The van der Waals surface area contributed by atoms with Crippen molar-refractivity contribution in [1.29, 1.82) is 0 Å². The van der Waals surface area contributed by atoms with E-state index < -0.39 is 15.6 Å². The van der Waals surface area contributed by atoms with Gasteiger partial charge in [-0.3, -0.25) is 4.68 Å². The van der Waals surface area contributed by atoms with Crippen LogP contribution in [0.5, 0.6) is 0 Å². The molecule has 110 valence electrons. The Morgan fingerprint density at radius 1 is 1.32 bits per heavy atom. The number of nitrogens with one attached hydrogen (secondary N) is 1. The fourth-order valence-electron chi connectivity index (χ4n) is 1.98. The molecule has 1 rings (SSSR count). The van der Waals surface area contributed by atoms with Gasteiger partial charge in [0.15, 0.2) is 0 Å². The average Bonchev–Trinajstić information content (AvgIpc) is 2.47. The first-order valence-corrected chi connectivity index (χ1v) is 7.85. The molecule has 1 heterocycles. The normalized spacial score (nSPS) is 12.9. The molecule has 3 N–H and O–H groups in total. The molecule has 0 aliphatic heterocycles. The SMILES string of the molecule is Cc1nn(CCCN)c(C)c1S(=O)(=O)NC(C)(C)C. The summed E-state index contributed by atoms with van der Waals surface area (Å²) in [6.45, 7) is 10.1. The Balaban J connectivity index is 3.17. The minimum atomic E-state index is -3.55. The second kappa shape index (κ2) is 5.60. The Morgan fingerprint density at radius 3 is 2.37 bits per heavy atom. The summed E-state index contributed by atoms with van der Waals surface area (Å²) in [5.74, 6) is 0. The fraction of sp³-hybridized carbons (Fsp3) is 0.750. The number of hydrogen-bond acceptors (Lipinski definition) is 4. The van der Waals surface area contributed by atoms with E-state index in [2.05, 4.69) is 9.82 Å². The summed E-state index contributed by atoms with van der Waals surface area (Å²) < 4.78 is 29.1. The molecular formula is C12H24N4O2S. The molecule has 0 saturated carbocycles. The molecule has 0 fully saturated rings. The molecule has 0 aromatic carbocycles. The second-order valence-corrected chi connectivity index (χ2v) is 7.34. The Labute approximate surface area is 115 Å². The minimum Gasteiger partial charge on any atom is -0.330 e. The van der Waals surface area contributed by atoms with Crippen LogP contribution < -0.4 is 10.5 Å². The van der Waals surface area contributed by atoms with Crippen molar-refractivity contribution in [2.75, 3.05) is 6.54 Å². The lowest BCUT2D eigenvalue weighted by Gasteiger charge is -2.20. The monoisotopic (exact) mass is 288 g/mol. The minimum absolute atomic E-state index is 0.277. The fourth-order valence-corrected chi connectivity index (χ4v) is 3.81. The van der Waals surface area contributed by atoms with Gasteiger partial charge in [0.25, 0.3) is 0 Å². The maximum absolute atomic E-state index is 12.4. The summed E-state index contributed by atoms with van der Waals surface area (Å²) in [7, 11) is -3.55. The number of hydrogen-bond donors (Lipinski definition) is 2. The van der Waals surface area contributed by atoms with Crippen molar-refractivity contribution in [3.05, 3.63) is 11.4 Å². The molecule has 19 heavy (non-hydrogen) atoms. The van der Waals surface area contributed by atoms with E-state index in [1.165, 1.54) is 0 Å². The van der Waals surface area contributed by atoms with Gasteiger partial charge in [-0.15, -0.1) is 0 Å². The van der Waals surface area contributed by atoms with Crippen molar-refractivity contribution < 1.29 is 8.42 Å². The van der Waals surface area contributed by atoms with Crippen molar-refractivity contribution in [1.82, 2.24) is 14.5 Å². The van der Waals surface area contributed by atoms with E-state index >= 15 is 0 Å². The molecule has 0 radical (unpaired) electrons. The first kappa shape index (κ1) is 16.1. The Kier molecular flexibility index (Phi) is 4.76. The van der Waals surface area contributed by atoms with Crippen LogP contribution in [0.3, 0.4) is 0 Å². The third kappa shape index (κ3) is 4.02. The quantitative estimate of drug-likeness (QED) is 0.843. The van der Waals surface area contributed by atoms with E-state index in [4.69, 9.17) is 5.73 Å². The largest absolute Gasteiger partial charge is 0.330 e. The summed E-state index contributed by atoms with van der Waals surface area (Å²) in [5, 5.41) is 4.29. The van der Waals surface area contributed by atoms with Crippen molar-refractivity contribution in [3.8, 4) is 0 Å². The molecule has 6 nitrogen and oxygen atoms in total. The molecule has 7 heteroatoms. The molecule has 1 aromatic rings. The van der Waals surface area contributed by atoms with Gasteiger partial charge in [0.05, 0.1) is 11.4 Å². The van der Waals surface area contributed by atoms with Crippen LogP contribution in [0.15, 0.2) is 4.90 Å². The lowest BCUT2D eigenvalue weighted by Crippen LogP contribution is -2.40. The predicted molar refractivity (Wildman–Crippen MR) is 75.4 cm³/mol. The van der Waals surface area contributed by atoms with Crippen LogP contribution in [-0.2, 0) is 16.6 Å². The maximum Gasteiger partial charge on any atom is 0.244 e. The van der Waals surface area contributed by atoms with Gasteiger partial charge in [-0.1, -0.05) is 0 Å². The highest BCUT2D eigenvalue weighted by Gasteiger charge is 2.28. The van der Waals surface area contributed by atoms with Gasteiger partial charge in [-0.25, -0.2) is 13.1 Å². The summed E-state index contributed by atoms with van der Waals surface area (Å²) in [5.41, 5.74) is 6.13. The molecule has 0 aliphatic carbocycles. The second-order valence-electron chi connectivity index (χ2n) is 5.72. The van der Waals surface area contributed by atoms with E-state index in [1.807, 2.05) is 20.8 Å². The van der Waals surface area contributed by atoms with E-state index in [0.717, 1.165) is 6.42 Å². The van der Waals surface area contributed by atoms with Crippen LogP contribution in [0, 0.1) is 13.8 Å². The highest BCUT2D eigenvalue weighted by Crippen LogP contribution is 2.21. The number of rotatable bonds is 5. The van der Waals surface area contributed by atoms with Gasteiger partial charge < -0.3 is 5.73 Å². The van der Waals surface area contributed by atoms with Gasteiger partial charge in [-0.2, -0.15) is 5.10 Å². The van der Waals surface area contributed by atoms with Gasteiger partial charge in [0.1, 0.15) is 4.90 Å². The van der Waals surface area contributed by atoms with Gasteiger partial charge in [0, 0.05) is 12.1 Å². The van der Waals surface area contributed by atoms with Crippen LogP contribution in [-0.4, -0.2) is 30.3 Å². The van der Waals surface area contributed by atoms with Gasteiger partial charge in [0.2, 0.25) is 10.0 Å². The summed E-state index contributed by atoms with van der Waals surface area (Å²) in [4.78, 5) is 0.277. The van der Waals surface area contributed by atoms with Crippen molar-refractivity contribution in [3.63, 3.8) is 0 Å². The summed E-state index contributed by atoms with van der Waals surface area (Å²) in [6, 6.07) is 0. The lowest BCUT2D eigenvalue weighted by molar-refractivity contribution is 0.490. The topological polar surface area (TPSA) is 90.0 Å². The first-order chi connectivity index (χ1) is 8.58. The Morgan fingerprint density at radius 2 is 1.89 bits per heavy atom. The number of nitrogens with zero attached hydrogens (tertiary/aromatic N) is 2. The molecule has 0 aliphatic rings. The van der Waals surface area contributed by atoms with Crippen LogP contribution in [0.4, 0.5) is 0 Å². The van der Waals surface area contributed by atoms with E-state index in [1.54, 1.807) is 18.5 Å². The highest BCUT2D eigenvalue weighted by molar-refractivity contribution is 7.89. The molecular weight excluding hydrogens is 264 g/mol. The molecule has 0 atom stereocenters. The average molecular weight is 288 g/mol. The number of aromatic nitrogens is 2. The predicted octanol–water partition coefficient (Wildman–Crippen LogP) is 0.926. The Bertz CT molecular complexity index is 541. The van der Waals surface area contributed by atoms with Crippen LogP contribution in [0.25, 0.3) is 0 Å². The smallest absolute Gasteiger partial charge is 0.244 e. The van der Waals surface area contributed by atoms with E-state index in [-0.39, 0.29) is 4.90 Å². The zero-order valence-electron chi connectivity index (χ0n) is 12.3. The third-order valence-corrected chi connectivity index (χ3v) is 4.61. The zero-order valence-corrected chi connectivity index (χ0v) is 13.1. The lowest BCUT2D eigenvalue weighted by atomic mass is 10.1. The number of aryl methyl sites for hydroxylation is 2. The van der Waals surface area contributed by atoms with E-state index in [0.29, 0.717) is 24.5 Å². The molecule has 1 aromatic heterocycles. The van der Waals surface area contributed by atoms with Crippen LogP contribution in [0.2, 0.25) is 0 Å². The molecule has 0 bridgehead atoms. The molecule has 0 spiro atoms.